The molecule has 7 heteroatoms. The highest BCUT2D eigenvalue weighted by atomic mass is 16.5. The van der Waals surface area contributed by atoms with E-state index in [4.69, 9.17) is 14.2 Å². The third-order valence-electron chi connectivity index (χ3n) is 3.19. The molecule has 2 aromatic rings. The second kappa shape index (κ2) is 7.67. The van der Waals surface area contributed by atoms with Gasteiger partial charge in [-0.1, -0.05) is 5.21 Å². The fraction of sp³-hybridized carbons (Fsp3) is 0.400. The van der Waals surface area contributed by atoms with E-state index in [0.29, 0.717) is 24.5 Å². The van der Waals surface area contributed by atoms with Crippen molar-refractivity contribution in [3.63, 3.8) is 0 Å². The number of hydrogen-bond donors (Lipinski definition) is 0. The Morgan fingerprint density at radius 3 is 2.32 bits per heavy atom. The molecular weight excluding hydrogens is 286 g/mol. The first-order valence-corrected chi connectivity index (χ1v) is 6.78. The molecule has 1 aromatic heterocycles. The topological polar surface area (TPSA) is 75.5 Å². The summed E-state index contributed by atoms with van der Waals surface area (Å²) in [6.45, 7) is 0.848. The highest BCUT2D eigenvalue weighted by Crippen LogP contribution is 2.15. The van der Waals surface area contributed by atoms with Gasteiger partial charge in [0.15, 0.2) is 5.69 Å². The number of aromatic nitrogens is 3. The van der Waals surface area contributed by atoms with Crippen LogP contribution in [0.2, 0.25) is 0 Å². The number of carbonyl (C=O) groups excluding carboxylic acids is 1. The van der Waals surface area contributed by atoms with E-state index in [1.54, 1.807) is 56.5 Å². The van der Waals surface area contributed by atoms with Gasteiger partial charge in [0.05, 0.1) is 26.5 Å². The number of ketones is 1. The van der Waals surface area contributed by atoms with E-state index in [2.05, 4.69) is 10.3 Å². The maximum Gasteiger partial charge on any atom is 0.214 e. The van der Waals surface area contributed by atoms with Crippen molar-refractivity contribution in [2.45, 2.75) is 6.04 Å². The van der Waals surface area contributed by atoms with Crippen LogP contribution in [0.3, 0.4) is 0 Å². The number of nitrogens with zero attached hydrogens (tertiary/aromatic N) is 3. The molecule has 118 valence electrons. The van der Waals surface area contributed by atoms with Gasteiger partial charge >= 0.3 is 0 Å². The van der Waals surface area contributed by atoms with E-state index in [9.17, 15) is 4.79 Å². The minimum atomic E-state index is -0.192. The molecule has 0 saturated carbocycles. The molecule has 7 nitrogen and oxygen atoms in total. The first kappa shape index (κ1) is 16.1. The second-order valence-electron chi connectivity index (χ2n) is 4.71. The number of methoxy groups -OCH3 is 3. The Kier molecular flexibility index (Phi) is 5.62. The largest absolute Gasteiger partial charge is 0.497 e. The third-order valence-corrected chi connectivity index (χ3v) is 3.19. The Morgan fingerprint density at radius 2 is 1.77 bits per heavy atom. The molecule has 0 N–H and O–H groups in total. The number of carbonyl (C=O) groups is 1. The molecule has 0 aliphatic carbocycles. The van der Waals surface area contributed by atoms with Crippen molar-refractivity contribution in [2.24, 2.45) is 0 Å². The first-order valence-electron chi connectivity index (χ1n) is 6.78. The fourth-order valence-corrected chi connectivity index (χ4v) is 2.04. The normalized spacial score (nSPS) is 10.9. The maximum absolute atomic E-state index is 12.4. The molecule has 1 aromatic carbocycles. The lowest BCUT2D eigenvalue weighted by atomic mass is 10.1. The molecule has 0 saturated heterocycles. The average Bonchev–Trinajstić information content (AvgIpc) is 3.04. The average molecular weight is 305 g/mol. The van der Waals surface area contributed by atoms with Crippen LogP contribution in [0.4, 0.5) is 0 Å². The van der Waals surface area contributed by atoms with Crippen LogP contribution in [0.1, 0.15) is 22.1 Å². The molecule has 2 rings (SSSR count). The van der Waals surface area contributed by atoms with Gasteiger partial charge in [-0.3, -0.25) is 4.79 Å². The van der Waals surface area contributed by atoms with Crippen molar-refractivity contribution < 1.29 is 19.0 Å². The zero-order valence-corrected chi connectivity index (χ0v) is 12.9. The minimum absolute atomic E-state index is 0.125. The molecule has 0 unspecified atom stereocenters. The van der Waals surface area contributed by atoms with Gasteiger partial charge in [-0.05, 0) is 24.3 Å². The summed E-state index contributed by atoms with van der Waals surface area (Å²) >= 11 is 0. The van der Waals surface area contributed by atoms with Crippen LogP contribution >= 0.6 is 0 Å². The molecule has 0 aliphatic rings. The van der Waals surface area contributed by atoms with Crippen molar-refractivity contribution in [1.82, 2.24) is 15.0 Å². The number of rotatable bonds is 8. The number of hydrogen-bond acceptors (Lipinski definition) is 6. The second-order valence-corrected chi connectivity index (χ2v) is 4.71. The standard InChI is InChI=1S/C15H19N3O4/c1-20-9-12(10-21-2)18-8-14(16-17-18)15(19)11-4-6-13(22-3)7-5-11/h4-8,12H,9-10H2,1-3H3. The summed E-state index contributed by atoms with van der Waals surface area (Å²) in [5, 5.41) is 7.94. The summed E-state index contributed by atoms with van der Waals surface area (Å²) in [5.41, 5.74) is 0.810. The molecule has 22 heavy (non-hydrogen) atoms. The van der Waals surface area contributed by atoms with E-state index in [-0.39, 0.29) is 17.5 Å². The summed E-state index contributed by atoms with van der Waals surface area (Å²) in [4.78, 5) is 12.4. The zero-order chi connectivity index (χ0) is 15.9. The van der Waals surface area contributed by atoms with Gasteiger partial charge in [-0.25, -0.2) is 4.68 Å². The Labute approximate surface area is 128 Å². The van der Waals surface area contributed by atoms with Gasteiger partial charge in [0.25, 0.3) is 0 Å². The lowest BCUT2D eigenvalue weighted by molar-refractivity contribution is 0.0829. The molecule has 0 bridgehead atoms. The highest BCUT2D eigenvalue weighted by molar-refractivity contribution is 6.07. The van der Waals surface area contributed by atoms with Gasteiger partial charge in [0, 0.05) is 19.8 Å². The van der Waals surface area contributed by atoms with Crippen LogP contribution in [0.5, 0.6) is 5.75 Å². The van der Waals surface area contributed by atoms with Crippen LogP contribution in [-0.2, 0) is 9.47 Å². The van der Waals surface area contributed by atoms with Gasteiger partial charge in [0.1, 0.15) is 11.8 Å². The Morgan fingerprint density at radius 1 is 1.14 bits per heavy atom. The predicted octanol–water partition coefficient (Wildman–Crippen LogP) is 1.35. The SMILES string of the molecule is COCC(COC)n1cc(C(=O)c2ccc(OC)cc2)nn1. The van der Waals surface area contributed by atoms with Gasteiger partial charge < -0.3 is 14.2 Å². The van der Waals surface area contributed by atoms with Crippen molar-refractivity contribution in [3.05, 3.63) is 41.7 Å². The van der Waals surface area contributed by atoms with Crippen LogP contribution < -0.4 is 4.74 Å². The Balaban J connectivity index is 2.16. The maximum atomic E-state index is 12.4. The Bertz CT molecular complexity index is 604. The van der Waals surface area contributed by atoms with E-state index in [1.807, 2.05) is 0 Å². The fourth-order valence-electron chi connectivity index (χ4n) is 2.04. The van der Waals surface area contributed by atoms with Crippen molar-refractivity contribution in [2.75, 3.05) is 34.5 Å². The zero-order valence-electron chi connectivity index (χ0n) is 12.9. The summed E-state index contributed by atoms with van der Waals surface area (Å²) in [6, 6.07) is 6.73. The predicted molar refractivity (Wildman–Crippen MR) is 79.2 cm³/mol. The molecular formula is C15H19N3O4. The molecule has 0 radical (unpaired) electrons. The lowest BCUT2D eigenvalue weighted by Crippen LogP contribution is -2.20. The van der Waals surface area contributed by atoms with Crippen molar-refractivity contribution in [1.29, 1.82) is 0 Å². The molecule has 1 heterocycles. The summed E-state index contributed by atoms with van der Waals surface area (Å²) in [5.74, 6) is 0.503. The van der Waals surface area contributed by atoms with Gasteiger partial charge in [-0.2, -0.15) is 0 Å². The quantitative estimate of drug-likeness (QED) is 0.685. The lowest BCUT2D eigenvalue weighted by Gasteiger charge is -2.14. The molecule has 0 fully saturated rings. The van der Waals surface area contributed by atoms with Crippen molar-refractivity contribution in [3.8, 4) is 5.75 Å². The minimum Gasteiger partial charge on any atom is -0.497 e. The summed E-state index contributed by atoms with van der Waals surface area (Å²) < 4.78 is 16.9. The molecule has 0 aliphatic heterocycles. The van der Waals surface area contributed by atoms with Gasteiger partial charge in [-0.15, -0.1) is 5.10 Å². The summed E-state index contributed by atoms with van der Waals surface area (Å²) in [6.07, 6.45) is 1.61. The highest BCUT2D eigenvalue weighted by Gasteiger charge is 2.17. The number of ether oxygens (including phenoxy) is 3. The molecule has 0 spiro atoms. The smallest absolute Gasteiger partial charge is 0.214 e. The van der Waals surface area contributed by atoms with Crippen LogP contribution in [0, 0.1) is 0 Å². The first-order chi connectivity index (χ1) is 10.7. The van der Waals surface area contributed by atoms with Crippen LogP contribution in [-0.4, -0.2) is 55.3 Å². The van der Waals surface area contributed by atoms with E-state index in [0.717, 1.165) is 0 Å². The third kappa shape index (κ3) is 3.69. The van der Waals surface area contributed by atoms with E-state index < -0.39 is 0 Å². The Hall–Kier alpha value is -2.25. The van der Waals surface area contributed by atoms with Gasteiger partial charge in [0.2, 0.25) is 5.78 Å². The van der Waals surface area contributed by atoms with E-state index in [1.165, 1.54) is 0 Å². The molecule has 0 amide bonds. The van der Waals surface area contributed by atoms with Crippen molar-refractivity contribution >= 4 is 5.78 Å². The monoisotopic (exact) mass is 305 g/mol. The summed E-state index contributed by atoms with van der Waals surface area (Å²) in [7, 11) is 4.78. The van der Waals surface area contributed by atoms with Crippen LogP contribution in [0.15, 0.2) is 30.5 Å². The molecule has 0 atom stereocenters. The van der Waals surface area contributed by atoms with E-state index >= 15 is 0 Å². The number of benzene rings is 1. The van der Waals surface area contributed by atoms with Crippen LogP contribution in [0.25, 0.3) is 0 Å².